The molecule has 3 atom stereocenters. The van der Waals surface area contributed by atoms with Crippen molar-refractivity contribution < 1.29 is 37.3 Å². The quantitative estimate of drug-likeness (QED) is 0.0212. The van der Waals surface area contributed by atoms with Crippen LogP contribution in [0.4, 0.5) is 0 Å². The number of nitrogens with zero attached hydrogens (tertiary/aromatic N) is 1. The van der Waals surface area contributed by atoms with E-state index in [9.17, 15) is 19.0 Å². The van der Waals surface area contributed by atoms with Crippen molar-refractivity contribution in [3.8, 4) is 0 Å². The Morgan fingerprint density at radius 1 is 0.493 bits per heavy atom. The third-order valence-corrected chi connectivity index (χ3v) is 14.7. The van der Waals surface area contributed by atoms with Crippen LogP contribution in [0, 0.1) is 0 Å². The summed E-state index contributed by atoms with van der Waals surface area (Å²) in [5.41, 5.74) is 0. The predicted octanol–water partition coefficient (Wildman–Crippen LogP) is 18.3. The van der Waals surface area contributed by atoms with E-state index in [0.29, 0.717) is 17.4 Å². The first-order valence-electron chi connectivity index (χ1n) is 30.9. The van der Waals surface area contributed by atoms with Crippen LogP contribution in [0.2, 0.25) is 0 Å². The number of phosphoric ester groups is 1. The molecule has 0 saturated heterocycles. The van der Waals surface area contributed by atoms with Crippen molar-refractivity contribution in [1.82, 2.24) is 5.32 Å². The molecular weight excluding hydrogens is 928 g/mol. The number of hydrogen-bond acceptors (Lipinski definition) is 7. The van der Waals surface area contributed by atoms with Gasteiger partial charge in [-0.15, -0.1) is 0 Å². The Morgan fingerprint density at radius 3 is 1.32 bits per heavy atom. The molecule has 0 saturated carbocycles. The highest BCUT2D eigenvalue weighted by molar-refractivity contribution is 7.45. The topological polar surface area (TPSA) is 114 Å². The predicted molar refractivity (Wildman–Crippen MR) is 312 cm³/mol. The first-order chi connectivity index (χ1) is 35.4. The molecule has 73 heavy (non-hydrogen) atoms. The van der Waals surface area contributed by atoms with E-state index in [2.05, 4.69) is 62.5 Å². The second-order valence-electron chi connectivity index (χ2n) is 22.2. The number of rotatable bonds is 56. The molecule has 0 heterocycles. The summed E-state index contributed by atoms with van der Waals surface area (Å²) in [4.78, 5) is 39.9. The molecule has 0 rings (SSSR count). The number of hydrogen-bond donors (Lipinski definition) is 1. The van der Waals surface area contributed by atoms with Gasteiger partial charge in [-0.2, -0.15) is 0 Å². The van der Waals surface area contributed by atoms with Gasteiger partial charge in [0.1, 0.15) is 19.3 Å². The van der Waals surface area contributed by atoms with Crippen LogP contribution in [0.1, 0.15) is 290 Å². The van der Waals surface area contributed by atoms with Gasteiger partial charge in [0.15, 0.2) is 0 Å². The minimum absolute atomic E-state index is 0.0237. The number of carbonyl (C=O) groups excluding carboxylic acids is 2. The number of esters is 1. The van der Waals surface area contributed by atoms with Gasteiger partial charge in [0, 0.05) is 12.8 Å². The van der Waals surface area contributed by atoms with Crippen molar-refractivity contribution in [3.05, 3.63) is 48.6 Å². The zero-order valence-corrected chi connectivity index (χ0v) is 49.7. The molecule has 0 fully saturated rings. The average Bonchev–Trinajstić information content (AvgIpc) is 3.35. The van der Waals surface area contributed by atoms with Crippen molar-refractivity contribution in [2.45, 2.75) is 303 Å². The van der Waals surface area contributed by atoms with Crippen molar-refractivity contribution in [1.29, 1.82) is 0 Å². The largest absolute Gasteiger partial charge is 0.756 e. The number of ether oxygens (including phenoxy) is 1. The molecule has 3 unspecified atom stereocenters. The van der Waals surface area contributed by atoms with Gasteiger partial charge in [0.2, 0.25) is 5.91 Å². The fourth-order valence-electron chi connectivity index (χ4n) is 8.97. The summed E-state index contributed by atoms with van der Waals surface area (Å²) in [6.45, 7) is 6.75. The Kier molecular flexibility index (Phi) is 51.9. The lowest BCUT2D eigenvalue weighted by molar-refractivity contribution is -0.870. The molecule has 0 aromatic rings. The molecule has 0 aromatic carbocycles. The number of unbranched alkanes of at least 4 members (excludes halogenated alkanes) is 34. The van der Waals surface area contributed by atoms with Crippen LogP contribution in [0.3, 0.4) is 0 Å². The van der Waals surface area contributed by atoms with Gasteiger partial charge in [0.05, 0.1) is 33.8 Å². The normalized spacial score (nSPS) is 14.0. The number of phosphoric acid groups is 1. The van der Waals surface area contributed by atoms with E-state index in [4.69, 9.17) is 13.8 Å². The Balaban J connectivity index is 5.20. The fourth-order valence-corrected chi connectivity index (χ4v) is 9.69. The zero-order valence-electron chi connectivity index (χ0n) is 48.8. The van der Waals surface area contributed by atoms with Crippen molar-refractivity contribution >= 4 is 19.7 Å². The maximum Gasteiger partial charge on any atom is 0.306 e. The van der Waals surface area contributed by atoms with Gasteiger partial charge in [-0.1, -0.05) is 243 Å². The van der Waals surface area contributed by atoms with Gasteiger partial charge in [-0.25, -0.2) is 0 Å². The lowest BCUT2D eigenvalue weighted by Crippen LogP contribution is -2.47. The molecule has 1 amide bonds. The number of nitrogens with one attached hydrogen (secondary N) is 1. The van der Waals surface area contributed by atoms with E-state index in [0.717, 1.165) is 83.5 Å². The second-order valence-corrected chi connectivity index (χ2v) is 23.6. The summed E-state index contributed by atoms with van der Waals surface area (Å²) in [6.07, 6.45) is 65.1. The maximum absolute atomic E-state index is 13.5. The minimum atomic E-state index is -4.70. The molecular formula is C63H119N2O7P. The number of carbonyl (C=O) groups is 2. The van der Waals surface area contributed by atoms with Crippen molar-refractivity contribution in [3.63, 3.8) is 0 Å². The number of quaternary nitrogens is 1. The highest BCUT2D eigenvalue weighted by atomic mass is 31.2. The van der Waals surface area contributed by atoms with Gasteiger partial charge in [-0.05, 0) is 83.1 Å². The summed E-state index contributed by atoms with van der Waals surface area (Å²) in [5.74, 6) is -0.544. The van der Waals surface area contributed by atoms with Gasteiger partial charge in [-0.3, -0.25) is 14.2 Å². The molecule has 0 aliphatic heterocycles. The molecule has 428 valence electrons. The lowest BCUT2D eigenvalue weighted by atomic mass is 10.0. The summed E-state index contributed by atoms with van der Waals surface area (Å²) in [6, 6.07) is -0.891. The van der Waals surface area contributed by atoms with Crippen LogP contribution in [0.15, 0.2) is 48.6 Å². The van der Waals surface area contributed by atoms with E-state index in [1.54, 1.807) is 0 Å². The zero-order chi connectivity index (χ0) is 53.6. The van der Waals surface area contributed by atoms with E-state index in [-0.39, 0.29) is 24.9 Å². The molecule has 9 nitrogen and oxygen atoms in total. The Hall–Kier alpha value is -2.03. The highest BCUT2D eigenvalue weighted by Gasteiger charge is 2.27. The Labute approximate surface area is 452 Å². The first kappa shape index (κ1) is 71.0. The van der Waals surface area contributed by atoms with E-state index < -0.39 is 26.6 Å². The molecule has 10 heteroatoms. The molecule has 0 radical (unpaired) electrons. The fraction of sp³-hybridized carbons (Fsp3) is 0.841. The van der Waals surface area contributed by atoms with Gasteiger partial charge in [0.25, 0.3) is 7.82 Å². The van der Waals surface area contributed by atoms with E-state index in [1.807, 2.05) is 33.3 Å². The van der Waals surface area contributed by atoms with Crippen LogP contribution < -0.4 is 10.2 Å². The maximum atomic E-state index is 13.5. The number of amides is 1. The summed E-state index contributed by atoms with van der Waals surface area (Å²) in [5, 5.41) is 3.02. The standard InChI is InChI=1S/C63H119N2O7P/c1-7-10-13-16-19-22-25-28-30-31-32-33-34-35-36-38-41-44-47-50-53-56-63(67)72-61(54-51-48-45-42-39-27-24-21-18-15-12-9-3)60(59-71-73(68,69)70-58-57-65(4,5)6)64-62(66)55-52-49-46-43-40-37-29-26-23-20-17-14-11-8-2/h11,14,20,23,28,30,51,54,60-61H,7-10,12-13,15-19,21-22,24-27,29,31-50,52-53,55-59H2,1-6H3,(H-,64,66,68,69)/b14-11+,23-20+,30-28+,54-51-. The Morgan fingerprint density at radius 2 is 0.877 bits per heavy atom. The Bertz CT molecular complexity index is 1390. The SMILES string of the molecule is CC/C=C/C/C=C/CCCCCCCCCC(=O)NC(COP(=O)([O-])OCC[N+](C)(C)C)C(/C=C\CCCCCCCCCCCC)OC(=O)CCCCCCCCCCCCC/C=C/CCCCCCCC. The summed E-state index contributed by atoms with van der Waals surface area (Å²) >= 11 is 0. The average molecular weight is 1050 g/mol. The van der Waals surface area contributed by atoms with Crippen LogP contribution in [0.5, 0.6) is 0 Å². The second kappa shape index (κ2) is 53.4. The van der Waals surface area contributed by atoms with E-state index >= 15 is 0 Å². The smallest absolute Gasteiger partial charge is 0.306 e. The number of allylic oxidation sites excluding steroid dienone is 7. The lowest BCUT2D eigenvalue weighted by Gasteiger charge is -2.30. The monoisotopic (exact) mass is 1050 g/mol. The molecule has 0 aliphatic carbocycles. The van der Waals surface area contributed by atoms with Crippen LogP contribution in [-0.2, 0) is 27.9 Å². The molecule has 1 N–H and O–H groups in total. The van der Waals surface area contributed by atoms with Crippen LogP contribution in [0.25, 0.3) is 0 Å². The third kappa shape index (κ3) is 54.6. The molecule has 0 aromatic heterocycles. The van der Waals surface area contributed by atoms with Gasteiger partial charge >= 0.3 is 5.97 Å². The van der Waals surface area contributed by atoms with E-state index in [1.165, 1.54) is 173 Å². The van der Waals surface area contributed by atoms with Gasteiger partial charge < -0.3 is 28.5 Å². The summed E-state index contributed by atoms with van der Waals surface area (Å²) in [7, 11) is 1.18. The molecule has 0 bridgehead atoms. The van der Waals surface area contributed by atoms with Crippen molar-refractivity contribution in [2.24, 2.45) is 0 Å². The van der Waals surface area contributed by atoms with Crippen LogP contribution >= 0.6 is 7.82 Å². The van der Waals surface area contributed by atoms with Crippen LogP contribution in [-0.4, -0.2) is 69.4 Å². The minimum Gasteiger partial charge on any atom is -0.756 e. The molecule has 0 spiro atoms. The van der Waals surface area contributed by atoms with Crippen molar-refractivity contribution in [2.75, 3.05) is 40.9 Å². The highest BCUT2D eigenvalue weighted by Crippen LogP contribution is 2.38. The third-order valence-electron chi connectivity index (χ3n) is 13.7. The first-order valence-corrected chi connectivity index (χ1v) is 32.4. The summed E-state index contributed by atoms with van der Waals surface area (Å²) < 4.78 is 30.3. The number of likely N-dealkylation sites (N-methyl/N-ethyl adjacent to an activating group) is 1. The molecule has 0 aliphatic rings.